The van der Waals surface area contributed by atoms with E-state index in [-0.39, 0.29) is 0 Å². The Morgan fingerprint density at radius 2 is 0.750 bits per heavy atom. The average Bonchev–Trinajstić information content (AvgIpc) is 2.89. The first-order valence-electron chi connectivity index (χ1n) is 15.1. The molecule has 0 saturated heterocycles. The predicted molar refractivity (Wildman–Crippen MR) is 168 cm³/mol. The van der Waals surface area contributed by atoms with Crippen LogP contribution in [0.2, 0.25) is 0 Å². The molecule has 0 heterocycles. The predicted octanol–water partition coefficient (Wildman–Crippen LogP) is 9.71. The maximum Gasteiger partial charge on any atom is 0.131 e. The molecule has 2 heteroatoms. The van der Waals surface area contributed by atoms with Crippen molar-refractivity contribution >= 4 is 0 Å². The number of phenols is 2. The van der Waals surface area contributed by atoms with Crippen molar-refractivity contribution in [2.24, 2.45) is 0 Å². The molecule has 0 aromatic heterocycles. The standard InChI is InChI=1S/C38H42O2/c1-21-15-23(3)33(24(4)16-21)31-19-27-11-7-9-13-29(27)35(37(31)39)36-30-14-10-8-12-28(30)20-32(38(36)40)34-25(5)17-22(2)18-26(34)6/h15-20,39-40H,7-14H2,1-6H3. The smallest absolute Gasteiger partial charge is 0.131 e. The number of aromatic hydroxyl groups is 2. The Labute approximate surface area is 239 Å². The molecule has 2 nitrogen and oxygen atoms in total. The van der Waals surface area contributed by atoms with Crippen LogP contribution < -0.4 is 0 Å². The van der Waals surface area contributed by atoms with E-state index < -0.39 is 0 Å². The second-order valence-corrected chi connectivity index (χ2v) is 12.5. The highest BCUT2D eigenvalue weighted by Gasteiger charge is 2.30. The van der Waals surface area contributed by atoms with Crippen molar-refractivity contribution in [2.45, 2.75) is 92.9 Å². The van der Waals surface area contributed by atoms with Gasteiger partial charge in [-0.1, -0.05) is 35.4 Å². The maximum absolute atomic E-state index is 12.3. The molecule has 2 aliphatic carbocycles. The lowest BCUT2D eigenvalue weighted by atomic mass is 9.76. The van der Waals surface area contributed by atoms with E-state index in [2.05, 4.69) is 77.9 Å². The van der Waals surface area contributed by atoms with Crippen LogP contribution in [-0.2, 0) is 25.7 Å². The van der Waals surface area contributed by atoms with E-state index in [1.807, 2.05) is 0 Å². The summed E-state index contributed by atoms with van der Waals surface area (Å²) in [7, 11) is 0. The summed E-state index contributed by atoms with van der Waals surface area (Å²) in [5.41, 5.74) is 18.1. The Kier molecular flexibility index (Phi) is 6.77. The Hall–Kier alpha value is -3.52. The monoisotopic (exact) mass is 530 g/mol. The lowest BCUT2D eigenvalue weighted by molar-refractivity contribution is 0.468. The lowest BCUT2D eigenvalue weighted by Crippen LogP contribution is -2.10. The van der Waals surface area contributed by atoms with Gasteiger partial charge < -0.3 is 10.2 Å². The van der Waals surface area contributed by atoms with Gasteiger partial charge in [-0.2, -0.15) is 0 Å². The van der Waals surface area contributed by atoms with Crippen LogP contribution in [0.5, 0.6) is 11.5 Å². The van der Waals surface area contributed by atoms with Crippen LogP contribution in [0, 0.1) is 41.5 Å². The number of hydrogen-bond donors (Lipinski definition) is 2. The summed E-state index contributed by atoms with van der Waals surface area (Å²) in [6.45, 7) is 12.9. The minimum atomic E-state index is 0.327. The Balaban J connectivity index is 1.72. The lowest BCUT2D eigenvalue weighted by Gasteiger charge is -2.29. The molecule has 40 heavy (non-hydrogen) atoms. The third-order valence-corrected chi connectivity index (χ3v) is 9.39. The van der Waals surface area contributed by atoms with Crippen LogP contribution in [0.25, 0.3) is 33.4 Å². The highest BCUT2D eigenvalue weighted by molar-refractivity contribution is 5.95. The average molecular weight is 531 g/mol. The van der Waals surface area contributed by atoms with Crippen LogP contribution in [0.3, 0.4) is 0 Å². The summed E-state index contributed by atoms with van der Waals surface area (Å²) in [5.74, 6) is 0.654. The third kappa shape index (κ3) is 4.33. The fourth-order valence-electron chi connectivity index (χ4n) is 7.92. The number of rotatable bonds is 3. The Morgan fingerprint density at radius 3 is 1.10 bits per heavy atom. The van der Waals surface area contributed by atoms with Gasteiger partial charge in [-0.05, 0) is 161 Å². The van der Waals surface area contributed by atoms with Gasteiger partial charge in [-0.25, -0.2) is 0 Å². The van der Waals surface area contributed by atoms with E-state index in [0.717, 1.165) is 84.7 Å². The number of aryl methyl sites for hydroxylation is 8. The molecule has 4 aromatic carbocycles. The fourth-order valence-corrected chi connectivity index (χ4v) is 7.92. The fraction of sp³-hybridized carbons (Fsp3) is 0.368. The molecule has 0 atom stereocenters. The molecule has 0 unspecified atom stereocenters. The zero-order chi connectivity index (χ0) is 28.3. The maximum atomic E-state index is 12.3. The summed E-state index contributed by atoms with van der Waals surface area (Å²) >= 11 is 0. The molecule has 2 aliphatic rings. The van der Waals surface area contributed by atoms with Gasteiger partial charge in [0.2, 0.25) is 0 Å². The first-order valence-corrected chi connectivity index (χ1v) is 15.1. The van der Waals surface area contributed by atoms with Crippen molar-refractivity contribution in [3.63, 3.8) is 0 Å². The highest BCUT2D eigenvalue weighted by atomic mass is 16.3. The molecule has 0 spiro atoms. The minimum Gasteiger partial charge on any atom is -0.507 e. The van der Waals surface area contributed by atoms with Crippen LogP contribution in [0.1, 0.15) is 81.3 Å². The largest absolute Gasteiger partial charge is 0.507 e. The number of benzene rings is 4. The van der Waals surface area contributed by atoms with E-state index in [4.69, 9.17) is 0 Å². The molecular formula is C38H42O2. The first-order chi connectivity index (χ1) is 19.2. The summed E-state index contributed by atoms with van der Waals surface area (Å²) in [5, 5.41) is 24.6. The van der Waals surface area contributed by atoms with Crippen LogP contribution in [0.15, 0.2) is 36.4 Å². The van der Waals surface area contributed by atoms with E-state index in [9.17, 15) is 10.2 Å². The molecule has 0 amide bonds. The van der Waals surface area contributed by atoms with Gasteiger partial charge in [0.25, 0.3) is 0 Å². The van der Waals surface area contributed by atoms with Gasteiger partial charge >= 0.3 is 0 Å². The van der Waals surface area contributed by atoms with Gasteiger partial charge in [0, 0.05) is 22.3 Å². The molecule has 0 bridgehead atoms. The van der Waals surface area contributed by atoms with Crippen LogP contribution in [-0.4, -0.2) is 10.2 Å². The van der Waals surface area contributed by atoms with Crippen molar-refractivity contribution in [3.8, 4) is 44.9 Å². The molecule has 206 valence electrons. The SMILES string of the molecule is Cc1cc(C)c(-c2cc3c(c(-c4c(O)c(-c5c(C)cc(C)cc5C)cc5c4CCCC5)c2O)CCCC3)c(C)c1. The molecule has 6 rings (SSSR count). The molecule has 0 radical (unpaired) electrons. The van der Waals surface area contributed by atoms with Crippen molar-refractivity contribution in [2.75, 3.05) is 0 Å². The zero-order valence-electron chi connectivity index (χ0n) is 25.0. The van der Waals surface area contributed by atoms with Gasteiger partial charge in [0.05, 0.1) is 0 Å². The summed E-state index contributed by atoms with van der Waals surface area (Å²) in [6.07, 6.45) is 8.44. The normalized spacial score (nSPS) is 14.7. The Morgan fingerprint density at radius 1 is 0.425 bits per heavy atom. The number of phenolic OH excluding ortho intramolecular Hbond substituents is 2. The second kappa shape index (κ2) is 10.1. The molecular weight excluding hydrogens is 488 g/mol. The number of fused-ring (bicyclic) bond motifs is 2. The van der Waals surface area contributed by atoms with Crippen LogP contribution >= 0.6 is 0 Å². The van der Waals surface area contributed by atoms with E-state index in [1.165, 1.54) is 55.6 Å². The van der Waals surface area contributed by atoms with Gasteiger partial charge in [-0.3, -0.25) is 0 Å². The quantitative estimate of drug-likeness (QED) is 0.277. The molecule has 4 aromatic rings. The highest BCUT2D eigenvalue weighted by Crippen LogP contribution is 2.53. The van der Waals surface area contributed by atoms with Crippen LogP contribution in [0.4, 0.5) is 0 Å². The van der Waals surface area contributed by atoms with Crippen molar-refractivity contribution in [1.82, 2.24) is 0 Å². The summed E-state index contributed by atoms with van der Waals surface area (Å²) < 4.78 is 0. The van der Waals surface area contributed by atoms with Gasteiger partial charge in [-0.15, -0.1) is 0 Å². The first kappa shape index (κ1) is 26.7. The zero-order valence-corrected chi connectivity index (χ0v) is 25.0. The van der Waals surface area contributed by atoms with E-state index >= 15 is 0 Å². The van der Waals surface area contributed by atoms with Gasteiger partial charge in [0.1, 0.15) is 11.5 Å². The topological polar surface area (TPSA) is 40.5 Å². The molecule has 2 N–H and O–H groups in total. The van der Waals surface area contributed by atoms with Crippen molar-refractivity contribution in [1.29, 1.82) is 0 Å². The Bertz CT molecular complexity index is 1500. The second-order valence-electron chi connectivity index (χ2n) is 12.5. The van der Waals surface area contributed by atoms with Crippen molar-refractivity contribution in [3.05, 3.63) is 92.0 Å². The molecule has 0 fully saturated rings. The summed E-state index contributed by atoms with van der Waals surface area (Å²) in [4.78, 5) is 0. The van der Waals surface area contributed by atoms with E-state index in [0.29, 0.717) is 11.5 Å². The minimum absolute atomic E-state index is 0.327. The molecule has 0 aliphatic heterocycles. The van der Waals surface area contributed by atoms with Crippen molar-refractivity contribution < 1.29 is 10.2 Å². The van der Waals surface area contributed by atoms with E-state index in [1.54, 1.807) is 0 Å². The number of hydrogen-bond acceptors (Lipinski definition) is 2. The third-order valence-electron chi connectivity index (χ3n) is 9.39. The van der Waals surface area contributed by atoms with Gasteiger partial charge in [0.15, 0.2) is 0 Å². The molecule has 0 saturated carbocycles. The summed E-state index contributed by atoms with van der Waals surface area (Å²) in [6, 6.07) is 13.3.